The number of piperidine rings is 1. The Morgan fingerprint density at radius 1 is 1.13 bits per heavy atom. The molecule has 164 valence electrons. The van der Waals surface area contributed by atoms with Crippen molar-refractivity contribution in [3.8, 4) is 0 Å². The van der Waals surface area contributed by atoms with E-state index in [-0.39, 0.29) is 11.8 Å². The third kappa shape index (κ3) is 4.82. The molecule has 4 rings (SSSR count). The van der Waals surface area contributed by atoms with Crippen LogP contribution in [0.3, 0.4) is 0 Å². The molecular formula is C26H33N3O2. The Kier molecular flexibility index (Phi) is 6.42. The van der Waals surface area contributed by atoms with E-state index in [1.807, 2.05) is 31.2 Å². The van der Waals surface area contributed by atoms with E-state index in [1.54, 1.807) is 4.90 Å². The minimum absolute atomic E-state index is 0.0435. The molecule has 2 aliphatic rings. The molecule has 5 heteroatoms. The van der Waals surface area contributed by atoms with E-state index >= 15 is 0 Å². The Bertz CT molecular complexity index is 963. The molecule has 1 saturated heterocycles. The van der Waals surface area contributed by atoms with Crippen molar-refractivity contribution in [2.24, 2.45) is 5.92 Å². The van der Waals surface area contributed by atoms with Gasteiger partial charge in [-0.1, -0.05) is 42.0 Å². The van der Waals surface area contributed by atoms with Crippen LogP contribution in [-0.4, -0.2) is 47.3 Å². The lowest BCUT2D eigenvalue weighted by Gasteiger charge is -2.33. The SMILES string of the molecule is Cc1ccc(C)c(CN2CCC(CNC(=O)[C@@H](C)N3Cc4ccccc4C3=O)CC2)c1. The van der Waals surface area contributed by atoms with Gasteiger partial charge in [-0.3, -0.25) is 14.5 Å². The largest absolute Gasteiger partial charge is 0.354 e. The van der Waals surface area contributed by atoms with Crippen LogP contribution in [0.15, 0.2) is 42.5 Å². The van der Waals surface area contributed by atoms with Crippen LogP contribution in [0.4, 0.5) is 0 Å². The minimum atomic E-state index is -0.454. The zero-order chi connectivity index (χ0) is 22.0. The summed E-state index contributed by atoms with van der Waals surface area (Å²) in [6, 6.07) is 13.8. The van der Waals surface area contributed by atoms with Crippen molar-refractivity contribution >= 4 is 11.8 Å². The predicted molar refractivity (Wildman–Crippen MR) is 123 cm³/mol. The average molecular weight is 420 g/mol. The van der Waals surface area contributed by atoms with E-state index in [2.05, 4.69) is 42.3 Å². The van der Waals surface area contributed by atoms with Gasteiger partial charge in [0.15, 0.2) is 0 Å². The van der Waals surface area contributed by atoms with E-state index in [0.29, 0.717) is 19.0 Å². The second kappa shape index (κ2) is 9.23. The standard InChI is InChI=1S/C26H33N3O2/c1-18-8-9-19(2)23(14-18)16-28-12-10-21(11-13-28)15-27-25(30)20(3)29-17-22-6-4-5-7-24(22)26(29)31/h4-9,14,20-21H,10-13,15-17H2,1-3H3,(H,27,30)/t20-/m1/s1. The van der Waals surface area contributed by atoms with Crippen LogP contribution >= 0.6 is 0 Å². The molecular weight excluding hydrogens is 386 g/mol. The zero-order valence-electron chi connectivity index (χ0n) is 18.9. The lowest BCUT2D eigenvalue weighted by Crippen LogP contribution is -2.47. The zero-order valence-corrected chi connectivity index (χ0v) is 18.9. The molecule has 31 heavy (non-hydrogen) atoms. The van der Waals surface area contributed by atoms with Crippen LogP contribution in [0, 0.1) is 19.8 Å². The maximum absolute atomic E-state index is 12.7. The van der Waals surface area contributed by atoms with Gasteiger partial charge in [-0.25, -0.2) is 0 Å². The van der Waals surface area contributed by atoms with Crippen molar-refractivity contribution in [2.75, 3.05) is 19.6 Å². The number of fused-ring (bicyclic) bond motifs is 1. The van der Waals surface area contributed by atoms with Gasteiger partial charge in [0.2, 0.25) is 5.91 Å². The van der Waals surface area contributed by atoms with Gasteiger partial charge in [0.25, 0.3) is 5.91 Å². The second-order valence-corrected chi connectivity index (χ2v) is 9.16. The molecule has 0 aromatic heterocycles. The van der Waals surface area contributed by atoms with E-state index in [9.17, 15) is 9.59 Å². The summed E-state index contributed by atoms with van der Waals surface area (Å²) >= 11 is 0. The summed E-state index contributed by atoms with van der Waals surface area (Å²) in [5.74, 6) is 0.398. The van der Waals surface area contributed by atoms with Gasteiger partial charge in [0.05, 0.1) is 0 Å². The Morgan fingerprint density at radius 2 is 1.87 bits per heavy atom. The molecule has 0 saturated carbocycles. The van der Waals surface area contributed by atoms with E-state index in [4.69, 9.17) is 0 Å². The number of nitrogens with zero attached hydrogens (tertiary/aromatic N) is 2. The van der Waals surface area contributed by atoms with E-state index in [0.717, 1.165) is 43.6 Å². The Hall–Kier alpha value is -2.66. The molecule has 0 radical (unpaired) electrons. The van der Waals surface area contributed by atoms with Gasteiger partial charge in [-0.15, -0.1) is 0 Å². The third-order valence-electron chi connectivity index (χ3n) is 6.87. The fraction of sp³-hybridized carbons (Fsp3) is 0.462. The summed E-state index contributed by atoms with van der Waals surface area (Å²) in [5, 5.41) is 3.11. The number of hydrogen-bond acceptors (Lipinski definition) is 3. The highest BCUT2D eigenvalue weighted by Crippen LogP contribution is 2.25. The van der Waals surface area contributed by atoms with Crippen molar-refractivity contribution in [3.63, 3.8) is 0 Å². The second-order valence-electron chi connectivity index (χ2n) is 9.16. The van der Waals surface area contributed by atoms with Gasteiger partial charge < -0.3 is 10.2 Å². The van der Waals surface area contributed by atoms with Crippen LogP contribution in [-0.2, 0) is 17.9 Å². The minimum Gasteiger partial charge on any atom is -0.354 e. The molecule has 2 heterocycles. The van der Waals surface area contributed by atoms with Gasteiger partial charge in [-0.05, 0) is 75.4 Å². The first-order chi connectivity index (χ1) is 14.9. The molecule has 2 amide bonds. The van der Waals surface area contributed by atoms with Crippen LogP contribution in [0.25, 0.3) is 0 Å². The molecule has 0 bridgehead atoms. The molecule has 1 N–H and O–H groups in total. The summed E-state index contributed by atoms with van der Waals surface area (Å²) in [6.07, 6.45) is 2.18. The van der Waals surface area contributed by atoms with Gasteiger partial charge >= 0.3 is 0 Å². The van der Waals surface area contributed by atoms with Crippen molar-refractivity contribution < 1.29 is 9.59 Å². The number of carbonyl (C=O) groups excluding carboxylic acids is 2. The maximum Gasteiger partial charge on any atom is 0.255 e. The maximum atomic E-state index is 12.7. The van der Waals surface area contributed by atoms with Crippen molar-refractivity contribution in [1.82, 2.24) is 15.1 Å². The van der Waals surface area contributed by atoms with E-state index < -0.39 is 6.04 Å². The Balaban J connectivity index is 1.23. The molecule has 5 nitrogen and oxygen atoms in total. The number of aryl methyl sites for hydroxylation is 2. The number of hydrogen-bond donors (Lipinski definition) is 1. The predicted octanol–water partition coefficient (Wildman–Crippen LogP) is 3.68. The van der Waals surface area contributed by atoms with Gasteiger partial charge in [0.1, 0.15) is 6.04 Å². The van der Waals surface area contributed by atoms with Crippen molar-refractivity contribution in [1.29, 1.82) is 0 Å². The number of benzene rings is 2. The number of rotatable bonds is 6. The van der Waals surface area contributed by atoms with Crippen LogP contribution in [0.5, 0.6) is 0 Å². The third-order valence-corrected chi connectivity index (χ3v) is 6.87. The summed E-state index contributed by atoms with van der Waals surface area (Å²) in [5.41, 5.74) is 5.80. The first kappa shape index (κ1) is 21.6. The van der Waals surface area contributed by atoms with Crippen LogP contribution in [0.1, 0.15) is 52.4 Å². The number of nitrogens with one attached hydrogen (secondary N) is 1. The molecule has 1 fully saturated rings. The normalized spacial score (nSPS) is 18.2. The molecule has 2 aromatic rings. The van der Waals surface area contributed by atoms with Crippen molar-refractivity contribution in [2.45, 2.75) is 52.7 Å². The molecule has 0 spiro atoms. The highest BCUT2D eigenvalue weighted by Gasteiger charge is 2.33. The lowest BCUT2D eigenvalue weighted by atomic mass is 9.95. The highest BCUT2D eigenvalue weighted by atomic mass is 16.2. The van der Waals surface area contributed by atoms with E-state index in [1.165, 1.54) is 16.7 Å². The monoisotopic (exact) mass is 419 g/mol. The molecule has 1 atom stereocenters. The Labute approximate surface area is 185 Å². The summed E-state index contributed by atoms with van der Waals surface area (Å²) < 4.78 is 0. The summed E-state index contributed by atoms with van der Waals surface area (Å²) in [7, 11) is 0. The Morgan fingerprint density at radius 3 is 2.61 bits per heavy atom. The molecule has 0 unspecified atom stereocenters. The summed E-state index contributed by atoms with van der Waals surface area (Å²) in [4.78, 5) is 29.5. The van der Waals surface area contributed by atoms with Gasteiger partial charge in [0, 0.05) is 25.2 Å². The highest BCUT2D eigenvalue weighted by molar-refractivity contribution is 6.01. The number of amides is 2. The fourth-order valence-electron chi connectivity index (χ4n) is 4.68. The first-order valence-electron chi connectivity index (χ1n) is 11.4. The van der Waals surface area contributed by atoms with Crippen LogP contribution in [0.2, 0.25) is 0 Å². The molecule has 0 aliphatic carbocycles. The average Bonchev–Trinajstić information content (AvgIpc) is 3.11. The number of likely N-dealkylation sites (tertiary alicyclic amines) is 1. The topological polar surface area (TPSA) is 52.7 Å². The fourth-order valence-corrected chi connectivity index (χ4v) is 4.68. The first-order valence-corrected chi connectivity index (χ1v) is 11.4. The molecule has 2 aliphatic heterocycles. The van der Waals surface area contributed by atoms with Gasteiger partial charge in [-0.2, -0.15) is 0 Å². The smallest absolute Gasteiger partial charge is 0.255 e. The lowest BCUT2D eigenvalue weighted by molar-refractivity contribution is -0.125. The number of carbonyl (C=O) groups is 2. The quantitative estimate of drug-likeness (QED) is 0.777. The van der Waals surface area contributed by atoms with Crippen LogP contribution < -0.4 is 5.32 Å². The van der Waals surface area contributed by atoms with Crippen molar-refractivity contribution in [3.05, 3.63) is 70.3 Å². The summed E-state index contributed by atoms with van der Waals surface area (Å²) in [6.45, 7) is 10.5. The molecule has 2 aromatic carbocycles.